The third-order valence-corrected chi connectivity index (χ3v) is 7.65. The number of aromatic nitrogens is 2. The number of phenols is 1. The van der Waals surface area contributed by atoms with Crippen LogP contribution < -0.4 is 9.64 Å². The number of hydrogen-bond donors (Lipinski definition) is 1. The van der Waals surface area contributed by atoms with Crippen LogP contribution in [0.4, 0.5) is 32.3 Å². The van der Waals surface area contributed by atoms with E-state index in [1.165, 1.54) is 17.3 Å². The van der Waals surface area contributed by atoms with Gasteiger partial charge in [-0.15, -0.1) is 0 Å². The second-order valence-corrected chi connectivity index (χ2v) is 11.7. The number of unbranched alkanes of at least 4 members (excludes halogenated alkanes) is 1. The van der Waals surface area contributed by atoms with Crippen LogP contribution in [0.15, 0.2) is 60.9 Å². The molecule has 0 saturated carbocycles. The molecule has 47 heavy (non-hydrogen) atoms. The van der Waals surface area contributed by atoms with Gasteiger partial charge in [-0.05, 0) is 89.4 Å². The predicted molar refractivity (Wildman–Crippen MR) is 166 cm³/mol. The van der Waals surface area contributed by atoms with Crippen molar-refractivity contribution in [2.75, 3.05) is 11.5 Å². The number of carbonyl (C=O) groups excluding carboxylic acids is 1. The Hall–Kier alpha value is -4.61. The van der Waals surface area contributed by atoms with Crippen LogP contribution in [0.25, 0.3) is 11.1 Å². The SMILES string of the molecule is Cc1cc(CN(Cc2cc(C(F)(F)F)cc(C(F)(F)F)c2)c2ncc(OCCCC=O)cn2)c(-c2cc(C(C)C)ccc2C)cc1O. The molecule has 0 aliphatic heterocycles. The number of halogens is 6. The number of anilines is 1. The molecule has 0 saturated heterocycles. The molecule has 0 unspecified atom stereocenters. The number of phenolic OH excluding ortho intramolecular Hbond substituents is 1. The van der Waals surface area contributed by atoms with Crippen LogP contribution in [0, 0.1) is 13.8 Å². The Balaban J connectivity index is 1.83. The van der Waals surface area contributed by atoms with Crippen LogP contribution in [0.1, 0.15) is 71.6 Å². The molecule has 0 amide bonds. The van der Waals surface area contributed by atoms with E-state index in [0.717, 1.165) is 23.0 Å². The molecule has 0 fully saturated rings. The first kappa shape index (κ1) is 35.2. The molecular formula is C35H35F6N3O3. The zero-order valence-corrected chi connectivity index (χ0v) is 26.3. The molecular weight excluding hydrogens is 624 g/mol. The largest absolute Gasteiger partial charge is 0.508 e. The Labute approximate surface area is 269 Å². The molecule has 4 aromatic rings. The van der Waals surface area contributed by atoms with Gasteiger partial charge >= 0.3 is 12.4 Å². The van der Waals surface area contributed by atoms with Crippen molar-refractivity contribution in [3.63, 3.8) is 0 Å². The number of aldehydes is 1. The van der Waals surface area contributed by atoms with E-state index in [1.54, 1.807) is 19.1 Å². The molecule has 1 N–H and O–H groups in total. The van der Waals surface area contributed by atoms with Crippen LogP contribution in [0.3, 0.4) is 0 Å². The average Bonchev–Trinajstić information content (AvgIpc) is 3.00. The first-order valence-electron chi connectivity index (χ1n) is 14.9. The highest BCUT2D eigenvalue weighted by molar-refractivity contribution is 5.74. The Morgan fingerprint density at radius 2 is 1.49 bits per heavy atom. The molecule has 250 valence electrons. The molecule has 1 heterocycles. The van der Waals surface area contributed by atoms with Crippen molar-refractivity contribution < 1.29 is 41.0 Å². The van der Waals surface area contributed by atoms with Gasteiger partial charge in [-0.2, -0.15) is 26.3 Å². The molecule has 0 radical (unpaired) electrons. The fraction of sp³-hybridized carbons (Fsp3) is 0.343. The monoisotopic (exact) mass is 659 g/mol. The summed E-state index contributed by atoms with van der Waals surface area (Å²) in [5, 5.41) is 10.7. The number of aromatic hydroxyl groups is 1. The molecule has 0 aliphatic carbocycles. The Morgan fingerprint density at radius 1 is 0.851 bits per heavy atom. The molecule has 6 nitrogen and oxygen atoms in total. The minimum atomic E-state index is -5.01. The summed E-state index contributed by atoms with van der Waals surface area (Å²) < 4.78 is 87.9. The normalized spacial score (nSPS) is 12.0. The summed E-state index contributed by atoms with van der Waals surface area (Å²) in [5.74, 6) is 0.537. The minimum absolute atomic E-state index is 0.0283. The first-order valence-corrected chi connectivity index (χ1v) is 14.9. The third-order valence-electron chi connectivity index (χ3n) is 7.65. The van der Waals surface area contributed by atoms with Crippen LogP contribution >= 0.6 is 0 Å². The predicted octanol–water partition coefficient (Wildman–Crippen LogP) is 9.19. The van der Waals surface area contributed by atoms with E-state index in [4.69, 9.17) is 4.74 Å². The van der Waals surface area contributed by atoms with Crippen molar-refractivity contribution in [1.82, 2.24) is 9.97 Å². The summed E-state index contributed by atoms with van der Waals surface area (Å²) in [6.45, 7) is 7.48. The molecule has 3 aromatic carbocycles. The number of ether oxygens (including phenoxy) is 1. The van der Waals surface area contributed by atoms with Gasteiger partial charge in [0.15, 0.2) is 5.75 Å². The van der Waals surface area contributed by atoms with Crippen LogP contribution in [-0.2, 0) is 30.2 Å². The Kier molecular flexibility index (Phi) is 10.8. The summed E-state index contributed by atoms with van der Waals surface area (Å²) in [6.07, 6.45) is -5.79. The summed E-state index contributed by atoms with van der Waals surface area (Å²) in [6, 6.07) is 10.8. The summed E-state index contributed by atoms with van der Waals surface area (Å²) in [4.78, 5) is 20.7. The van der Waals surface area contributed by atoms with Crippen molar-refractivity contribution in [2.24, 2.45) is 0 Å². The van der Waals surface area contributed by atoms with Gasteiger partial charge in [0, 0.05) is 19.5 Å². The molecule has 0 bridgehead atoms. The van der Waals surface area contributed by atoms with Gasteiger partial charge in [-0.25, -0.2) is 9.97 Å². The van der Waals surface area contributed by atoms with E-state index in [0.29, 0.717) is 41.7 Å². The maximum Gasteiger partial charge on any atom is 0.416 e. The fourth-order valence-corrected chi connectivity index (χ4v) is 5.06. The van der Waals surface area contributed by atoms with Crippen molar-refractivity contribution in [2.45, 2.75) is 71.9 Å². The first-order chi connectivity index (χ1) is 22.1. The van der Waals surface area contributed by atoms with Gasteiger partial charge in [0.1, 0.15) is 12.0 Å². The van der Waals surface area contributed by atoms with E-state index in [-0.39, 0.29) is 48.1 Å². The highest BCUT2D eigenvalue weighted by Gasteiger charge is 2.37. The maximum atomic E-state index is 13.7. The summed E-state index contributed by atoms with van der Waals surface area (Å²) >= 11 is 0. The van der Waals surface area contributed by atoms with Crippen LogP contribution in [0.5, 0.6) is 11.5 Å². The second-order valence-electron chi connectivity index (χ2n) is 11.7. The van der Waals surface area contributed by atoms with E-state index in [1.807, 2.05) is 39.0 Å². The molecule has 0 atom stereocenters. The van der Waals surface area contributed by atoms with Crippen molar-refractivity contribution in [3.8, 4) is 22.6 Å². The molecule has 1 aromatic heterocycles. The van der Waals surface area contributed by atoms with E-state index in [9.17, 15) is 36.2 Å². The van der Waals surface area contributed by atoms with Crippen LogP contribution in [0.2, 0.25) is 0 Å². The van der Waals surface area contributed by atoms with Gasteiger partial charge < -0.3 is 19.5 Å². The minimum Gasteiger partial charge on any atom is -0.508 e. The molecule has 0 aliphatic rings. The van der Waals surface area contributed by atoms with E-state index >= 15 is 0 Å². The number of hydrogen-bond acceptors (Lipinski definition) is 6. The van der Waals surface area contributed by atoms with Crippen molar-refractivity contribution in [3.05, 3.63) is 99.9 Å². The van der Waals surface area contributed by atoms with E-state index < -0.39 is 30.0 Å². The summed E-state index contributed by atoms with van der Waals surface area (Å²) in [5.41, 5.74) is 1.49. The lowest BCUT2D eigenvalue weighted by molar-refractivity contribution is -0.143. The smallest absolute Gasteiger partial charge is 0.416 e. The quantitative estimate of drug-likeness (QED) is 0.0929. The average molecular weight is 660 g/mol. The van der Waals surface area contributed by atoms with Crippen molar-refractivity contribution in [1.29, 1.82) is 0 Å². The zero-order chi connectivity index (χ0) is 34.5. The molecule has 0 spiro atoms. The van der Waals surface area contributed by atoms with Gasteiger partial charge in [-0.1, -0.05) is 38.1 Å². The number of benzene rings is 3. The maximum absolute atomic E-state index is 13.7. The van der Waals surface area contributed by atoms with Gasteiger partial charge in [0.2, 0.25) is 5.95 Å². The third kappa shape index (κ3) is 9.02. The second kappa shape index (κ2) is 14.4. The number of rotatable bonds is 12. The van der Waals surface area contributed by atoms with Gasteiger partial charge in [0.25, 0.3) is 0 Å². The number of carbonyl (C=O) groups is 1. The van der Waals surface area contributed by atoms with Gasteiger partial charge in [-0.3, -0.25) is 0 Å². The molecule has 12 heteroatoms. The topological polar surface area (TPSA) is 75.6 Å². The highest BCUT2D eigenvalue weighted by atomic mass is 19.4. The van der Waals surface area contributed by atoms with Crippen LogP contribution in [-0.4, -0.2) is 28.0 Å². The van der Waals surface area contributed by atoms with Gasteiger partial charge in [0.05, 0.1) is 30.1 Å². The number of nitrogens with zero attached hydrogens (tertiary/aromatic N) is 3. The highest BCUT2D eigenvalue weighted by Crippen LogP contribution is 2.38. The van der Waals surface area contributed by atoms with Crippen molar-refractivity contribution >= 4 is 12.2 Å². The number of alkyl halides is 6. The van der Waals surface area contributed by atoms with E-state index in [2.05, 4.69) is 9.97 Å². The molecule has 4 rings (SSSR count). The standard InChI is InChI=1S/C35H35F6N3O3/c1-21(2)25-8-7-22(3)30(14-25)31-16-32(46)23(4)11-26(31)20-44(33-42-17-29(18-43-33)47-10-6-5-9-45)19-24-12-27(34(36,37)38)15-28(13-24)35(39,40)41/h7-9,11-18,21,46H,5-6,10,19-20H2,1-4H3. The lowest BCUT2D eigenvalue weighted by Gasteiger charge is -2.26. The lowest BCUT2D eigenvalue weighted by atomic mass is 9.90. The fourth-order valence-electron chi connectivity index (χ4n) is 5.06. The Morgan fingerprint density at radius 3 is 2.06 bits per heavy atom. The lowest BCUT2D eigenvalue weighted by Crippen LogP contribution is -2.25. The summed E-state index contributed by atoms with van der Waals surface area (Å²) in [7, 11) is 0. The Bertz CT molecular complexity index is 1670. The number of aryl methyl sites for hydroxylation is 2. The zero-order valence-electron chi connectivity index (χ0n) is 26.3.